The first-order valence-electron chi connectivity index (χ1n) is 7.27. The van der Waals surface area contributed by atoms with E-state index in [4.69, 9.17) is 4.74 Å². The summed E-state index contributed by atoms with van der Waals surface area (Å²) in [6, 6.07) is 10.4. The van der Waals surface area contributed by atoms with Gasteiger partial charge in [0.25, 0.3) is 0 Å². The number of hydrogen-bond acceptors (Lipinski definition) is 2. The predicted octanol–water partition coefficient (Wildman–Crippen LogP) is 4.05. The van der Waals surface area contributed by atoms with Gasteiger partial charge >= 0.3 is 0 Å². The minimum Gasteiger partial charge on any atom is -0.496 e. The summed E-state index contributed by atoms with van der Waals surface area (Å²) >= 11 is 3.53. The lowest BCUT2D eigenvalue weighted by molar-refractivity contribution is 0.408. The van der Waals surface area contributed by atoms with Crippen molar-refractivity contribution >= 4 is 15.9 Å². The highest BCUT2D eigenvalue weighted by Crippen LogP contribution is 2.24. The molecule has 3 nitrogen and oxygen atoms in total. The van der Waals surface area contributed by atoms with E-state index in [1.54, 1.807) is 7.11 Å². The topological polar surface area (TPSA) is 26.2 Å². The van der Waals surface area contributed by atoms with Gasteiger partial charge in [0.05, 0.1) is 13.7 Å². The number of benzene rings is 1. The van der Waals surface area contributed by atoms with Gasteiger partial charge in [-0.1, -0.05) is 29.8 Å². The van der Waals surface area contributed by atoms with Crippen LogP contribution >= 0.6 is 15.9 Å². The zero-order valence-corrected chi connectivity index (χ0v) is 14.5. The maximum atomic E-state index is 5.45. The van der Waals surface area contributed by atoms with Crippen LogP contribution in [0.2, 0.25) is 0 Å². The van der Waals surface area contributed by atoms with Crippen LogP contribution < -0.4 is 10.1 Å². The van der Waals surface area contributed by atoms with E-state index in [0.717, 1.165) is 29.9 Å². The minimum atomic E-state index is 0.665. The Morgan fingerprint density at radius 3 is 2.81 bits per heavy atom. The number of halogens is 1. The van der Waals surface area contributed by atoms with Crippen molar-refractivity contribution in [3.63, 3.8) is 0 Å². The third kappa shape index (κ3) is 4.61. The molecule has 0 fully saturated rings. The summed E-state index contributed by atoms with van der Waals surface area (Å²) < 4.78 is 8.79. The van der Waals surface area contributed by atoms with Crippen molar-refractivity contribution in [2.75, 3.05) is 13.7 Å². The van der Waals surface area contributed by atoms with Gasteiger partial charge in [0.1, 0.15) is 5.75 Å². The van der Waals surface area contributed by atoms with Gasteiger partial charge in [-0.05, 0) is 42.8 Å². The van der Waals surface area contributed by atoms with E-state index >= 15 is 0 Å². The van der Waals surface area contributed by atoms with Crippen LogP contribution in [0.15, 0.2) is 41.0 Å². The van der Waals surface area contributed by atoms with Crippen molar-refractivity contribution in [3.05, 3.63) is 52.3 Å². The SMILES string of the molecule is COc1ccc(Br)cc1Cn1cccc1CNCC(C)C. The molecule has 0 atom stereocenters. The van der Waals surface area contributed by atoms with Gasteiger partial charge in [-0.25, -0.2) is 0 Å². The Balaban J connectivity index is 2.10. The molecule has 2 rings (SSSR count). The van der Waals surface area contributed by atoms with Gasteiger partial charge in [0.2, 0.25) is 0 Å². The van der Waals surface area contributed by atoms with E-state index in [2.05, 4.69) is 64.1 Å². The Morgan fingerprint density at radius 1 is 1.29 bits per heavy atom. The highest BCUT2D eigenvalue weighted by Gasteiger charge is 2.07. The van der Waals surface area contributed by atoms with Crippen molar-refractivity contribution in [1.82, 2.24) is 9.88 Å². The van der Waals surface area contributed by atoms with Gasteiger partial charge in [0, 0.05) is 28.5 Å². The van der Waals surface area contributed by atoms with Crippen LogP contribution in [-0.2, 0) is 13.1 Å². The summed E-state index contributed by atoms with van der Waals surface area (Å²) in [4.78, 5) is 0. The van der Waals surface area contributed by atoms with Gasteiger partial charge in [-0.15, -0.1) is 0 Å². The fourth-order valence-electron chi connectivity index (χ4n) is 2.31. The van der Waals surface area contributed by atoms with E-state index in [1.165, 1.54) is 11.3 Å². The molecule has 21 heavy (non-hydrogen) atoms. The lowest BCUT2D eigenvalue weighted by Crippen LogP contribution is -2.21. The van der Waals surface area contributed by atoms with Gasteiger partial charge < -0.3 is 14.6 Å². The minimum absolute atomic E-state index is 0.665. The molecule has 1 aromatic heterocycles. The molecular formula is C17H23BrN2O. The van der Waals surface area contributed by atoms with Crippen LogP contribution in [0.4, 0.5) is 0 Å². The van der Waals surface area contributed by atoms with Crippen molar-refractivity contribution in [1.29, 1.82) is 0 Å². The average molecular weight is 351 g/mol. The Bertz CT molecular complexity index is 578. The molecule has 0 radical (unpaired) electrons. The number of nitrogens with zero attached hydrogens (tertiary/aromatic N) is 1. The van der Waals surface area contributed by atoms with E-state index in [0.29, 0.717) is 5.92 Å². The first-order valence-corrected chi connectivity index (χ1v) is 8.06. The van der Waals surface area contributed by atoms with Crippen LogP contribution in [0.25, 0.3) is 0 Å². The molecule has 0 saturated heterocycles. The second kappa shape index (κ2) is 7.66. The highest BCUT2D eigenvalue weighted by molar-refractivity contribution is 9.10. The van der Waals surface area contributed by atoms with Crippen molar-refractivity contribution in [2.45, 2.75) is 26.9 Å². The maximum absolute atomic E-state index is 5.45. The van der Waals surface area contributed by atoms with E-state index in [-0.39, 0.29) is 0 Å². The Labute approximate surface area is 135 Å². The summed E-state index contributed by atoms with van der Waals surface area (Å²) in [7, 11) is 1.72. The van der Waals surface area contributed by atoms with Crippen LogP contribution in [0.1, 0.15) is 25.1 Å². The lowest BCUT2D eigenvalue weighted by Gasteiger charge is -2.14. The van der Waals surface area contributed by atoms with Crippen LogP contribution in [0, 0.1) is 5.92 Å². The molecule has 2 aromatic rings. The number of hydrogen-bond donors (Lipinski definition) is 1. The first kappa shape index (κ1) is 16.1. The largest absolute Gasteiger partial charge is 0.496 e. The Morgan fingerprint density at radius 2 is 2.10 bits per heavy atom. The molecule has 0 spiro atoms. The molecular weight excluding hydrogens is 328 g/mol. The summed E-state index contributed by atoms with van der Waals surface area (Å²) in [5.41, 5.74) is 2.46. The molecule has 1 heterocycles. The number of rotatable bonds is 7. The molecule has 0 bridgehead atoms. The molecule has 0 aliphatic rings. The second-order valence-corrected chi connectivity index (χ2v) is 6.52. The first-order chi connectivity index (χ1) is 10.1. The van der Waals surface area contributed by atoms with Gasteiger partial charge in [-0.2, -0.15) is 0 Å². The zero-order chi connectivity index (χ0) is 15.2. The lowest BCUT2D eigenvalue weighted by atomic mass is 10.2. The van der Waals surface area contributed by atoms with Crippen molar-refractivity contribution in [3.8, 4) is 5.75 Å². The third-order valence-corrected chi connectivity index (χ3v) is 3.86. The monoisotopic (exact) mass is 350 g/mol. The van der Waals surface area contributed by atoms with Crippen molar-refractivity contribution < 1.29 is 4.74 Å². The number of methoxy groups -OCH3 is 1. The number of ether oxygens (including phenoxy) is 1. The smallest absolute Gasteiger partial charge is 0.123 e. The fourth-order valence-corrected chi connectivity index (χ4v) is 2.72. The standard InChI is InChI=1S/C17H23BrN2O/c1-13(2)10-19-11-16-5-4-8-20(16)12-14-9-15(18)6-7-17(14)21-3/h4-9,13,19H,10-12H2,1-3H3. The zero-order valence-electron chi connectivity index (χ0n) is 12.9. The van der Waals surface area contributed by atoms with E-state index in [9.17, 15) is 0 Å². The van der Waals surface area contributed by atoms with Crippen LogP contribution in [-0.4, -0.2) is 18.2 Å². The number of aromatic nitrogens is 1. The molecule has 1 aromatic carbocycles. The van der Waals surface area contributed by atoms with E-state index in [1.807, 2.05) is 12.1 Å². The Kier molecular flexibility index (Phi) is 5.88. The fraction of sp³-hybridized carbons (Fsp3) is 0.412. The molecule has 0 unspecified atom stereocenters. The molecule has 0 amide bonds. The van der Waals surface area contributed by atoms with Gasteiger partial charge in [-0.3, -0.25) is 0 Å². The van der Waals surface area contributed by atoms with Crippen LogP contribution in [0.3, 0.4) is 0 Å². The van der Waals surface area contributed by atoms with Crippen molar-refractivity contribution in [2.24, 2.45) is 5.92 Å². The quantitative estimate of drug-likeness (QED) is 0.814. The second-order valence-electron chi connectivity index (χ2n) is 5.61. The van der Waals surface area contributed by atoms with Crippen LogP contribution in [0.5, 0.6) is 5.75 Å². The normalized spacial score (nSPS) is 11.1. The maximum Gasteiger partial charge on any atom is 0.123 e. The van der Waals surface area contributed by atoms with Gasteiger partial charge in [0.15, 0.2) is 0 Å². The molecule has 114 valence electrons. The molecule has 1 N–H and O–H groups in total. The highest BCUT2D eigenvalue weighted by atomic mass is 79.9. The summed E-state index contributed by atoms with van der Waals surface area (Å²) in [6.45, 7) is 7.18. The molecule has 0 aliphatic carbocycles. The molecule has 4 heteroatoms. The average Bonchev–Trinajstić information content (AvgIpc) is 2.86. The van der Waals surface area contributed by atoms with E-state index < -0.39 is 0 Å². The summed E-state index contributed by atoms with van der Waals surface area (Å²) in [5, 5.41) is 3.49. The Hall–Kier alpha value is -1.26. The predicted molar refractivity (Wildman–Crippen MR) is 90.8 cm³/mol. The molecule has 0 saturated carbocycles. The number of nitrogens with one attached hydrogen (secondary N) is 1. The summed E-state index contributed by atoms with van der Waals surface area (Å²) in [6.07, 6.45) is 2.12. The summed E-state index contributed by atoms with van der Waals surface area (Å²) in [5.74, 6) is 1.59. The third-order valence-electron chi connectivity index (χ3n) is 3.37. The molecule has 0 aliphatic heterocycles.